The van der Waals surface area contributed by atoms with E-state index in [1.54, 1.807) is 0 Å². The molecule has 1 aromatic rings. The zero-order valence-electron chi connectivity index (χ0n) is 8.26. The van der Waals surface area contributed by atoms with Gasteiger partial charge in [0.2, 0.25) is 5.91 Å². The Labute approximate surface area is 83.3 Å². The molecule has 1 aliphatic rings. The van der Waals surface area contributed by atoms with Crippen LogP contribution in [-0.4, -0.2) is 5.91 Å². The molecule has 0 aliphatic carbocycles. The molecule has 3 nitrogen and oxygen atoms in total. The molecule has 1 amide bonds. The average molecular weight is 190 g/mol. The fourth-order valence-electron chi connectivity index (χ4n) is 1.91. The molecule has 0 spiro atoms. The first-order chi connectivity index (χ1) is 6.70. The van der Waals surface area contributed by atoms with Crippen LogP contribution in [0, 0.1) is 6.92 Å². The van der Waals surface area contributed by atoms with Crippen molar-refractivity contribution in [2.24, 2.45) is 5.73 Å². The Kier molecular flexibility index (Phi) is 2.25. The largest absolute Gasteiger partial charge is 0.326 e. The minimum atomic E-state index is 0.0936. The van der Waals surface area contributed by atoms with Crippen LogP contribution in [0.4, 0.5) is 5.69 Å². The van der Waals surface area contributed by atoms with Crippen molar-refractivity contribution >= 4 is 11.6 Å². The molecule has 1 aromatic carbocycles. The van der Waals surface area contributed by atoms with E-state index in [0.717, 1.165) is 17.7 Å². The number of carbonyl (C=O) groups excluding carboxylic acids is 1. The van der Waals surface area contributed by atoms with Crippen LogP contribution in [0.1, 0.15) is 23.1 Å². The molecule has 3 N–H and O–H groups in total. The molecule has 0 radical (unpaired) electrons. The van der Waals surface area contributed by atoms with E-state index >= 15 is 0 Å². The van der Waals surface area contributed by atoms with Crippen molar-refractivity contribution in [1.29, 1.82) is 0 Å². The Morgan fingerprint density at radius 1 is 1.43 bits per heavy atom. The van der Waals surface area contributed by atoms with Gasteiger partial charge in [-0.15, -0.1) is 0 Å². The summed E-state index contributed by atoms with van der Waals surface area (Å²) in [6.07, 6.45) is 1.41. The summed E-state index contributed by atoms with van der Waals surface area (Å²) in [5.41, 5.74) is 10.0. The number of rotatable bonds is 1. The molecule has 0 saturated heterocycles. The monoisotopic (exact) mass is 190 g/mol. The lowest BCUT2D eigenvalue weighted by atomic mass is 9.96. The number of benzene rings is 1. The van der Waals surface area contributed by atoms with E-state index in [1.807, 2.05) is 6.07 Å². The van der Waals surface area contributed by atoms with Crippen molar-refractivity contribution in [2.75, 3.05) is 5.32 Å². The zero-order chi connectivity index (χ0) is 10.1. The number of anilines is 1. The Hall–Kier alpha value is -1.35. The first-order valence-corrected chi connectivity index (χ1v) is 4.83. The van der Waals surface area contributed by atoms with Gasteiger partial charge in [0.05, 0.1) is 0 Å². The van der Waals surface area contributed by atoms with E-state index in [0.29, 0.717) is 13.0 Å². The lowest BCUT2D eigenvalue weighted by molar-refractivity contribution is -0.116. The van der Waals surface area contributed by atoms with Crippen molar-refractivity contribution in [3.8, 4) is 0 Å². The van der Waals surface area contributed by atoms with Crippen molar-refractivity contribution in [1.82, 2.24) is 0 Å². The highest BCUT2D eigenvalue weighted by Crippen LogP contribution is 2.27. The fraction of sp³-hybridized carbons (Fsp3) is 0.364. The second-order valence-electron chi connectivity index (χ2n) is 3.71. The molecule has 1 aliphatic heterocycles. The third-order valence-electron chi connectivity index (χ3n) is 2.55. The highest BCUT2D eigenvalue weighted by Gasteiger charge is 2.17. The summed E-state index contributed by atoms with van der Waals surface area (Å²) in [6.45, 7) is 2.53. The van der Waals surface area contributed by atoms with Crippen molar-refractivity contribution in [2.45, 2.75) is 26.3 Å². The molecule has 0 bridgehead atoms. The van der Waals surface area contributed by atoms with Crippen LogP contribution in [-0.2, 0) is 17.8 Å². The molecule has 2 rings (SSSR count). The minimum absolute atomic E-state index is 0.0936. The summed E-state index contributed by atoms with van der Waals surface area (Å²) in [4.78, 5) is 11.2. The Bertz CT molecular complexity index is 368. The van der Waals surface area contributed by atoms with Gasteiger partial charge in [0.15, 0.2) is 0 Å². The van der Waals surface area contributed by atoms with Crippen molar-refractivity contribution in [3.05, 3.63) is 28.8 Å². The van der Waals surface area contributed by atoms with Gasteiger partial charge in [-0.2, -0.15) is 0 Å². The van der Waals surface area contributed by atoms with Crippen LogP contribution in [0.2, 0.25) is 0 Å². The second-order valence-corrected chi connectivity index (χ2v) is 3.71. The quantitative estimate of drug-likeness (QED) is 0.702. The number of aryl methyl sites for hydroxylation is 2. The number of nitrogens with two attached hydrogens (primary N) is 1. The molecule has 74 valence electrons. The van der Waals surface area contributed by atoms with Crippen LogP contribution in [0.15, 0.2) is 12.1 Å². The Balaban J connectivity index is 2.52. The van der Waals surface area contributed by atoms with Crippen molar-refractivity contribution in [3.63, 3.8) is 0 Å². The van der Waals surface area contributed by atoms with Crippen molar-refractivity contribution < 1.29 is 4.79 Å². The first kappa shape index (κ1) is 9.21. The molecule has 0 atom stereocenters. The molecule has 3 heteroatoms. The number of amides is 1. The average Bonchev–Trinajstić information content (AvgIpc) is 2.17. The third kappa shape index (κ3) is 1.51. The van der Waals surface area contributed by atoms with Gasteiger partial charge in [-0.1, -0.05) is 17.7 Å². The van der Waals surface area contributed by atoms with Crippen LogP contribution < -0.4 is 11.1 Å². The van der Waals surface area contributed by atoms with E-state index < -0.39 is 0 Å². The van der Waals surface area contributed by atoms with Gasteiger partial charge in [0.1, 0.15) is 0 Å². The van der Waals surface area contributed by atoms with Gasteiger partial charge in [-0.05, 0) is 24.5 Å². The molecule has 1 heterocycles. The second kappa shape index (κ2) is 3.42. The number of hydrogen-bond donors (Lipinski definition) is 2. The van der Waals surface area contributed by atoms with Crippen LogP contribution in [0.5, 0.6) is 0 Å². The van der Waals surface area contributed by atoms with Crippen LogP contribution in [0.3, 0.4) is 0 Å². The van der Waals surface area contributed by atoms with Gasteiger partial charge in [-0.3, -0.25) is 4.79 Å². The van der Waals surface area contributed by atoms with E-state index in [9.17, 15) is 4.79 Å². The predicted molar refractivity (Wildman–Crippen MR) is 56.0 cm³/mol. The molecule has 0 aromatic heterocycles. The maximum absolute atomic E-state index is 11.2. The van der Waals surface area contributed by atoms with Gasteiger partial charge in [0, 0.05) is 18.7 Å². The van der Waals surface area contributed by atoms with Gasteiger partial charge < -0.3 is 11.1 Å². The summed E-state index contributed by atoms with van der Waals surface area (Å²) in [5, 5.41) is 2.89. The number of hydrogen-bond acceptors (Lipinski definition) is 2. The highest BCUT2D eigenvalue weighted by molar-refractivity contribution is 5.94. The number of carbonyl (C=O) groups is 1. The molecular formula is C11H14N2O. The fourth-order valence-corrected chi connectivity index (χ4v) is 1.91. The summed E-state index contributed by atoms with van der Waals surface area (Å²) < 4.78 is 0. The minimum Gasteiger partial charge on any atom is -0.326 e. The van der Waals surface area contributed by atoms with E-state index in [4.69, 9.17) is 5.73 Å². The summed E-state index contributed by atoms with van der Waals surface area (Å²) >= 11 is 0. The van der Waals surface area contributed by atoms with Crippen LogP contribution in [0.25, 0.3) is 0 Å². The van der Waals surface area contributed by atoms with E-state index in [-0.39, 0.29) is 5.91 Å². The summed E-state index contributed by atoms with van der Waals surface area (Å²) in [5.74, 6) is 0.0936. The lowest BCUT2D eigenvalue weighted by Gasteiger charge is -2.20. The molecule has 0 fully saturated rings. The Morgan fingerprint density at radius 2 is 2.21 bits per heavy atom. The third-order valence-corrected chi connectivity index (χ3v) is 2.55. The lowest BCUT2D eigenvalue weighted by Crippen LogP contribution is -2.21. The van der Waals surface area contributed by atoms with Crippen LogP contribution >= 0.6 is 0 Å². The summed E-state index contributed by atoms with van der Waals surface area (Å²) in [6, 6.07) is 4.15. The van der Waals surface area contributed by atoms with E-state index in [2.05, 4.69) is 18.3 Å². The highest BCUT2D eigenvalue weighted by atomic mass is 16.1. The number of fused-ring (bicyclic) bond motifs is 1. The molecule has 14 heavy (non-hydrogen) atoms. The molecule has 0 saturated carbocycles. The van der Waals surface area contributed by atoms with Gasteiger partial charge >= 0.3 is 0 Å². The Morgan fingerprint density at radius 3 is 2.93 bits per heavy atom. The topological polar surface area (TPSA) is 55.1 Å². The summed E-state index contributed by atoms with van der Waals surface area (Å²) in [7, 11) is 0. The molecule has 0 unspecified atom stereocenters. The maximum Gasteiger partial charge on any atom is 0.224 e. The first-order valence-electron chi connectivity index (χ1n) is 4.83. The zero-order valence-corrected chi connectivity index (χ0v) is 8.26. The number of nitrogens with one attached hydrogen (secondary N) is 1. The maximum atomic E-state index is 11.2. The van der Waals surface area contributed by atoms with Gasteiger partial charge in [-0.25, -0.2) is 0 Å². The normalized spacial score (nSPS) is 14.9. The standard InChI is InChI=1S/C11H14N2O/c1-7-4-8-2-3-10(14)13-11(8)9(5-7)6-12/h4-5H,2-3,6,12H2,1H3,(H,13,14). The van der Waals surface area contributed by atoms with E-state index in [1.165, 1.54) is 11.1 Å². The predicted octanol–water partition coefficient (Wildman–Crippen LogP) is 1.34. The van der Waals surface area contributed by atoms with Gasteiger partial charge in [0.25, 0.3) is 0 Å². The SMILES string of the molecule is Cc1cc(CN)c2c(c1)CCC(=O)N2. The smallest absolute Gasteiger partial charge is 0.224 e. The molecular weight excluding hydrogens is 176 g/mol.